The van der Waals surface area contributed by atoms with Crippen molar-refractivity contribution < 1.29 is 4.39 Å². The van der Waals surface area contributed by atoms with Crippen molar-refractivity contribution >= 4 is 11.6 Å². The van der Waals surface area contributed by atoms with E-state index < -0.39 is 0 Å². The summed E-state index contributed by atoms with van der Waals surface area (Å²) < 4.78 is 15.6. The third kappa shape index (κ3) is 3.12. The Kier molecular flexibility index (Phi) is 4.52. The highest BCUT2D eigenvalue weighted by atomic mass is 35.5. The van der Waals surface area contributed by atoms with Gasteiger partial charge in [-0.2, -0.15) is 5.10 Å². The van der Waals surface area contributed by atoms with E-state index in [4.69, 9.17) is 17.4 Å². The van der Waals surface area contributed by atoms with Gasteiger partial charge in [0.1, 0.15) is 5.82 Å². The van der Waals surface area contributed by atoms with Gasteiger partial charge in [0.05, 0.1) is 6.04 Å². The van der Waals surface area contributed by atoms with Crippen molar-refractivity contribution in [2.24, 2.45) is 12.9 Å². The second-order valence-electron chi connectivity index (χ2n) is 4.34. The quantitative estimate of drug-likeness (QED) is 0.654. The molecule has 0 aliphatic carbocycles. The first kappa shape index (κ1) is 14.0. The molecule has 3 N–H and O–H groups in total. The van der Waals surface area contributed by atoms with Crippen LogP contribution in [0.3, 0.4) is 0 Å². The van der Waals surface area contributed by atoms with Gasteiger partial charge in [0.2, 0.25) is 0 Å². The van der Waals surface area contributed by atoms with E-state index >= 15 is 0 Å². The van der Waals surface area contributed by atoms with Crippen molar-refractivity contribution in [3.63, 3.8) is 0 Å². The van der Waals surface area contributed by atoms with Crippen molar-refractivity contribution in [2.75, 3.05) is 0 Å². The van der Waals surface area contributed by atoms with Crippen LogP contribution in [0.2, 0.25) is 5.02 Å². The highest BCUT2D eigenvalue weighted by molar-refractivity contribution is 6.31. The van der Waals surface area contributed by atoms with Gasteiger partial charge in [0, 0.05) is 29.5 Å². The summed E-state index contributed by atoms with van der Waals surface area (Å²) in [7, 11) is 1.87. The number of aromatic nitrogens is 2. The van der Waals surface area contributed by atoms with Gasteiger partial charge in [-0.15, -0.1) is 0 Å². The maximum atomic E-state index is 13.8. The Labute approximate surface area is 116 Å². The largest absolute Gasteiger partial charge is 0.273 e. The minimum absolute atomic E-state index is 0.330. The molecule has 19 heavy (non-hydrogen) atoms. The van der Waals surface area contributed by atoms with E-state index in [0.717, 1.165) is 12.1 Å². The lowest BCUT2D eigenvalue weighted by Gasteiger charge is -2.18. The molecule has 1 unspecified atom stereocenters. The molecule has 0 aliphatic heterocycles. The van der Waals surface area contributed by atoms with E-state index in [0.29, 0.717) is 17.0 Å². The van der Waals surface area contributed by atoms with Gasteiger partial charge in [0.25, 0.3) is 0 Å². The van der Waals surface area contributed by atoms with E-state index in [1.807, 2.05) is 13.1 Å². The van der Waals surface area contributed by atoms with Gasteiger partial charge in [-0.25, -0.2) is 4.39 Å². The van der Waals surface area contributed by atoms with Gasteiger partial charge >= 0.3 is 0 Å². The lowest BCUT2D eigenvalue weighted by molar-refractivity contribution is 0.479. The number of benzene rings is 1. The molecule has 2 rings (SSSR count). The zero-order valence-corrected chi connectivity index (χ0v) is 11.4. The monoisotopic (exact) mass is 282 g/mol. The number of rotatable bonds is 5. The Morgan fingerprint density at radius 3 is 2.84 bits per heavy atom. The van der Waals surface area contributed by atoms with Gasteiger partial charge in [-0.1, -0.05) is 17.7 Å². The molecular weight excluding hydrogens is 267 g/mol. The molecule has 0 radical (unpaired) electrons. The summed E-state index contributed by atoms with van der Waals surface area (Å²) in [4.78, 5) is 0. The first-order chi connectivity index (χ1) is 9.13. The van der Waals surface area contributed by atoms with E-state index in [9.17, 15) is 4.39 Å². The van der Waals surface area contributed by atoms with Crippen LogP contribution >= 0.6 is 11.6 Å². The Bertz CT molecular complexity index is 535. The van der Waals surface area contributed by atoms with Crippen LogP contribution in [0.25, 0.3) is 0 Å². The summed E-state index contributed by atoms with van der Waals surface area (Å²) in [6.07, 6.45) is 3.10. The molecule has 0 saturated heterocycles. The molecule has 0 spiro atoms. The fourth-order valence-electron chi connectivity index (χ4n) is 2.09. The fourth-order valence-corrected chi connectivity index (χ4v) is 2.39. The highest BCUT2D eigenvalue weighted by Crippen LogP contribution is 2.28. The van der Waals surface area contributed by atoms with Crippen molar-refractivity contribution in [1.82, 2.24) is 15.2 Å². The van der Waals surface area contributed by atoms with Crippen LogP contribution in [0.5, 0.6) is 0 Å². The van der Waals surface area contributed by atoms with Crippen LogP contribution < -0.4 is 11.3 Å². The normalized spacial score (nSPS) is 12.6. The third-order valence-electron chi connectivity index (χ3n) is 3.16. The smallest absolute Gasteiger partial charge is 0.129 e. The fraction of sp³-hybridized carbons (Fsp3) is 0.308. The Hall–Kier alpha value is -1.43. The summed E-state index contributed by atoms with van der Waals surface area (Å²) >= 11 is 6.04. The minimum atomic E-state index is -0.347. The summed E-state index contributed by atoms with van der Waals surface area (Å²) in [6.45, 7) is 0. The predicted molar refractivity (Wildman–Crippen MR) is 73.0 cm³/mol. The van der Waals surface area contributed by atoms with Gasteiger partial charge in [-0.3, -0.25) is 16.0 Å². The standard InChI is InChI=1S/C13H16ClFN4/c1-19-9(7-8-17-19)5-6-12(18-16)13-10(14)3-2-4-11(13)15/h2-4,7-8,12,18H,5-6,16H2,1H3. The SMILES string of the molecule is Cn1nccc1CCC(NN)c1c(F)cccc1Cl. The van der Waals surface area contributed by atoms with E-state index in [-0.39, 0.29) is 11.9 Å². The molecule has 0 amide bonds. The number of nitrogens with two attached hydrogens (primary N) is 1. The van der Waals surface area contributed by atoms with Crippen LogP contribution in [0.15, 0.2) is 30.5 Å². The molecule has 1 aromatic heterocycles. The number of aryl methyl sites for hydroxylation is 2. The van der Waals surface area contributed by atoms with Crippen molar-refractivity contribution in [1.29, 1.82) is 0 Å². The topological polar surface area (TPSA) is 55.9 Å². The Balaban J connectivity index is 2.15. The van der Waals surface area contributed by atoms with Crippen molar-refractivity contribution in [2.45, 2.75) is 18.9 Å². The van der Waals surface area contributed by atoms with Crippen LogP contribution in [0.1, 0.15) is 23.7 Å². The van der Waals surface area contributed by atoms with E-state index in [1.165, 1.54) is 6.07 Å². The molecule has 0 saturated carbocycles. The van der Waals surface area contributed by atoms with Gasteiger partial charge < -0.3 is 0 Å². The molecule has 1 heterocycles. The molecule has 0 fully saturated rings. The maximum Gasteiger partial charge on any atom is 0.129 e. The molecule has 6 heteroatoms. The lowest BCUT2D eigenvalue weighted by atomic mass is 10.0. The average molecular weight is 283 g/mol. The number of halogens is 2. The highest BCUT2D eigenvalue weighted by Gasteiger charge is 2.18. The van der Waals surface area contributed by atoms with Crippen LogP contribution in [-0.4, -0.2) is 9.78 Å². The summed E-state index contributed by atoms with van der Waals surface area (Å²) in [6, 6.07) is 6.22. The second-order valence-corrected chi connectivity index (χ2v) is 4.75. The second kappa shape index (κ2) is 6.14. The summed E-state index contributed by atoms with van der Waals surface area (Å²) in [5, 5.41) is 4.48. The predicted octanol–water partition coefficient (Wildman–Crippen LogP) is 2.35. The number of hydrogen-bond donors (Lipinski definition) is 2. The zero-order valence-electron chi connectivity index (χ0n) is 10.6. The van der Waals surface area contributed by atoms with Crippen molar-refractivity contribution in [3.8, 4) is 0 Å². The molecule has 102 valence electrons. The molecule has 0 bridgehead atoms. The van der Waals surface area contributed by atoms with Crippen LogP contribution in [0.4, 0.5) is 4.39 Å². The third-order valence-corrected chi connectivity index (χ3v) is 3.49. The molecule has 2 aromatic rings. The first-order valence-electron chi connectivity index (χ1n) is 6.00. The number of nitrogens with zero attached hydrogens (tertiary/aromatic N) is 2. The maximum absolute atomic E-state index is 13.8. The lowest BCUT2D eigenvalue weighted by Crippen LogP contribution is -2.29. The molecular formula is C13H16ClFN4. The van der Waals surface area contributed by atoms with E-state index in [1.54, 1.807) is 23.0 Å². The van der Waals surface area contributed by atoms with Crippen molar-refractivity contribution in [3.05, 3.63) is 52.6 Å². The Morgan fingerprint density at radius 2 is 2.26 bits per heavy atom. The molecule has 4 nitrogen and oxygen atoms in total. The molecule has 1 aromatic carbocycles. The first-order valence-corrected chi connectivity index (χ1v) is 6.38. The van der Waals surface area contributed by atoms with Gasteiger partial charge in [-0.05, 0) is 31.0 Å². The van der Waals surface area contributed by atoms with Crippen LogP contribution in [-0.2, 0) is 13.5 Å². The average Bonchev–Trinajstić information content (AvgIpc) is 2.78. The molecule has 0 aliphatic rings. The Morgan fingerprint density at radius 1 is 1.47 bits per heavy atom. The number of nitrogens with one attached hydrogen (secondary N) is 1. The zero-order chi connectivity index (χ0) is 13.8. The number of hydrogen-bond acceptors (Lipinski definition) is 3. The summed E-state index contributed by atoms with van der Waals surface area (Å²) in [5.74, 6) is 5.18. The van der Waals surface area contributed by atoms with Gasteiger partial charge in [0.15, 0.2) is 0 Å². The van der Waals surface area contributed by atoms with E-state index in [2.05, 4.69) is 10.5 Å². The summed E-state index contributed by atoms with van der Waals surface area (Å²) in [5.41, 5.74) is 4.10. The minimum Gasteiger partial charge on any atom is -0.273 e. The van der Waals surface area contributed by atoms with Crippen LogP contribution in [0, 0.1) is 5.82 Å². The molecule has 1 atom stereocenters. The number of hydrazine groups is 1.